The van der Waals surface area contributed by atoms with E-state index in [2.05, 4.69) is 41.1 Å². The molecule has 1 fully saturated rings. The smallest absolute Gasteiger partial charge is 0.259 e. The van der Waals surface area contributed by atoms with Crippen molar-refractivity contribution in [2.24, 2.45) is 0 Å². The first kappa shape index (κ1) is 16.5. The lowest BCUT2D eigenvalue weighted by atomic mass is 10.1. The molecule has 1 aromatic heterocycles. The minimum Gasteiger partial charge on any atom is -0.480 e. The number of amides is 1. The van der Waals surface area contributed by atoms with Crippen LogP contribution in [0.15, 0.2) is 42.6 Å². The predicted molar refractivity (Wildman–Crippen MR) is 93.1 cm³/mol. The van der Waals surface area contributed by atoms with Crippen molar-refractivity contribution in [3.05, 3.63) is 59.3 Å². The monoisotopic (exact) mass is 325 g/mol. The maximum atomic E-state index is 12.7. The van der Waals surface area contributed by atoms with Crippen LogP contribution in [0, 0.1) is 6.92 Å². The molecule has 5 heteroatoms. The number of pyridine rings is 1. The first-order valence-electron chi connectivity index (χ1n) is 8.23. The molecule has 2 aromatic rings. The number of ether oxygens (including phenoxy) is 1. The van der Waals surface area contributed by atoms with E-state index in [1.807, 2.05) is 4.90 Å². The molecular formula is C19H23N3O2. The second kappa shape index (κ2) is 7.45. The molecule has 0 spiro atoms. The highest BCUT2D eigenvalue weighted by Gasteiger charge is 2.24. The molecule has 1 aromatic carbocycles. The molecule has 1 aliphatic rings. The normalized spacial score (nSPS) is 15.3. The van der Waals surface area contributed by atoms with Crippen molar-refractivity contribution in [2.45, 2.75) is 13.5 Å². The van der Waals surface area contributed by atoms with Gasteiger partial charge in [-0.15, -0.1) is 0 Å². The van der Waals surface area contributed by atoms with E-state index in [1.54, 1.807) is 25.4 Å². The average Bonchev–Trinajstić information content (AvgIpc) is 2.62. The number of benzene rings is 1. The van der Waals surface area contributed by atoms with Crippen molar-refractivity contribution < 1.29 is 9.53 Å². The molecular weight excluding hydrogens is 302 g/mol. The van der Waals surface area contributed by atoms with E-state index in [1.165, 1.54) is 11.1 Å². The summed E-state index contributed by atoms with van der Waals surface area (Å²) in [6, 6.07) is 12.1. The number of rotatable bonds is 4. The molecule has 0 saturated carbocycles. The van der Waals surface area contributed by atoms with Gasteiger partial charge in [-0.3, -0.25) is 9.69 Å². The van der Waals surface area contributed by atoms with Gasteiger partial charge in [0.25, 0.3) is 5.91 Å². The lowest BCUT2D eigenvalue weighted by molar-refractivity contribution is 0.0624. The van der Waals surface area contributed by atoms with Crippen LogP contribution in [0.2, 0.25) is 0 Å². The van der Waals surface area contributed by atoms with Crippen molar-refractivity contribution in [3.8, 4) is 5.88 Å². The van der Waals surface area contributed by atoms with E-state index < -0.39 is 0 Å². The highest BCUT2D eigenvalue weighted by Crippen LogP contribution is 2.18. The SMILES string of the molecule is COc1ncccc1C(=O)N1CCN(Cc2cccc(C)c2)CC1. The van der Waals surface area contributed by atoms with E-state index in [0.717, 1.165) is 32.7 Å². The zero-order chi connectivity index (χ0) is 16.9. The minimum absolute atomic E-state index is 0.00449. The Morgan fingerprint density at radius 1 is 1.17 bits per heavy atom. The molecule has 1 aliphatic heterocycles. The Morgan fingerprint density at radius 3 is 2.67 bits per heavy atom. The second-order valence-electron chi connectivity index (χ2n) is 6.12. The van der Waals surface area contributed by atoms with E-state index in [0.29, 0.717) is 11.4 Å². The Bertz CT molecular complexity index is 709. The first-order valence-corrected chi connectivity index (χ1v) is 8.23. The number of carbonyl (C=O) groups excluding carboxylic acids is 1. The molecule has 2 heterocycles. The standard InChI is InChI=1S/C19H23N3O2/c1-15-5-3-6-16(13-15)14-21-9-11-22(12-10-21)19(23)17-7-4-8-20-18(17)24-2/h3-8,13H,9-12,14H2,1-2H3. The Kier molecular flexibility index (Phi) is 5.11. The number of aryl methyl sites for hydroxylation is 1. The van der Waals surface area contributed by atoms with Crippen LogP contribution in [0.5, 0.6) is 5.88 Å². The van der Waals surface area contributed by atoms with E-state index in [4.69, 9.17) is 4.74 Å². The number of carbonyl (C=O) groups is 1. The molecule has 5 nitrogen and oxygen atoms in total. The molecule has 126 valence electrons. The summed E-state index contributed by atoms with van der Waals surface area (Å²) >= 11 is 0. The molecule has 1 saturated heterocycles. The molecule has 0 unspecified atom stereocenters. The van der Waals surface area contributed by atoms with Gasteiger partial charge < -0.3 is 9.64 Å². The topological polar surface area (TPSA) is 45.7 Å². The summed E-state index contributed by atoms with van der Waals surface area (Å²) in [7, 11) is 1.54. The van der Waals surface area contributed by atoms with Crippen LogP contribution in [-0.2, 0) is 6.54 Å². The third-order valence-electron chi connectivity index (χ3n) is 4.34. The number of methoxy groups -OCH3 is 1. The Morgan fingerprint density at radius 2 is 1.96 bits per heavy atom. The van der Waals surface area contributed by atoms with Gasteiger partial charge in [-0.2, -0.15) is 0 Å². The highest BCUT2D eigenvalue weighted by molar-refractivity contribution is 5.96. The summed E-state index contributed by atoms with van der Waals surface area (Å²) in [5.74, 6) is 0.389. The van der Waals surface area contributed by atoms with E-state index in [-0.39, 0.29) is 5.91 Å². The molecule has 1 amide bonds. The average molecular weight is 325 g/mol. The summed E-state index contributed by atoms with van der Waals surface area (Å²) in [5, 5.41) is 0. The highest BCUT2D eigenvalue weighted by atomic mass is 16.5. The van der Waals surface area contributed by atoms with Crippen LogP contribution >= 0.6 is 0 Å². The van der Waals surface area contributed by atoms with Crippen molar-refractivity contribution in [1.29, 1.82) is 0 Å². The molecule has 0 N–H and O–H groups in total. The van der Waals surface area contributed by atoms with Crippen molar-refractivity contribution >= 4 is 5.91 Å². The van der Waals surface area contributed by atoms with Crippen LogP contribution in [0.4, 0.5) is 0 Å². The molecule has 0 atom stereocenters. The Labute approximate surface area is 142 Å². The fraction of sp³-hybridized carbons (Fsp3) is 0.368. The summed E-state index contributed by atoms with van der Waals surface area (Å²) in [5.41, 5.74) is 3.14. The van der Waals surface area contributed by atoms with Crippen LogP contribution in [0.3, 0.4) is 0 Å². The van der Waals surface area contributed by atoms with Crippen LogP contribution < -0.4 is 4.74 Å². The minimum atomic E-state index is -0.00449. The van der Waals surface area contributed by atoms with Gasteiger partial charge in [0.05, 0.1) is 7.11 Å². The Balaban J connectivity index is 1.59. The molecule has 3 rings (SSSR count). The van der Waals surface area contributed by atoms with Crippen LogP contribution in [-0.4, -0.2) is 54.0 Å². The van der Waals surface area contributed by atoms with Gasteiger partial charge in [0.1, 0.15) is 5.56 Å². The van der Waals surface area contributed by atoms with Crippen molar-refractivity contribution in [3.63, 3.8) is 0 Å². The van der Waals surface area contributed by atoms with Gasteiger partial charge in [0.15, 0.2) is 0 Å². The third kappa shape index (κ3) is 3.74. The molecule has 0 bridgehead atoms. The van der Waals surface area contributed by atoms with Gasteiger partial charge in [0, 0.05) is 38.9 Å². The summed E-state index contributed by atoms with van der Waals surface area (Å²) in [6.07, 6.45) is 1.63. The number of aromatic nitrogens is 1. The van der Waals surface area contributed by atoms with Gasteiger partial charge in [-0.05, 0) is 24.6 Å². The zero-order valence-electron chi connectivity index (χ0n) is 14.2. The van der Waals surface area contributed by atoms with Gasteiger partial charge in [-0.1, -0.05) is 29.8 Å². The summed E-state index contributed by atoms with van der Waals surface area (Å²) in [6.45, 7) is 6.25. The third-order valence-corrected chi connectivity index (χ3v) is 4.34. The second-order valence-corrected chi connectivity index (χ2v) is 6.12. The van der Waals surface area contributed by atoms with Crippen molar-refractivity contribution in [1.82, 2.24) is 14.8 Å². The molecule has 0 aliphatic carbocycles. The van der Waals surface area contributed by atoms with Gasteiger partial charge in [-0.25, -0.2) is 4.98 Å². The largest absolute Gasteiger partial charge is 0.480 e. The number of piperazine rings is 1. The van der Waals surface area contributed by atoms with Gasteiger partial charge in [0.2, 0.25) is 5.88 Å². The summed E-state index contributed by atoms with van der Waals surface area (Å²) in [4.78, 5) is 21.1. The lowest BCUT2D eigenvalue weighted by Gasteiger charge is -2.35. The number of nitrogens with zero attached hydrogens (tertiary/aromatic N) is 3. The molecule has 0 radical (unpaired) electrons. The number of hydrogen-bond acceptors (Lipinski definition) is 4. The lowest BCUT2D eigenvalue weighted by Crippen LogP contribution is -2.48. The quantitative estimate of drug-likeness (QED) is 0.866. The van der Waals surface area contributed by atoms with E-state index >= 15 is 0 Å². The predicted octanol–water partition coefficient (Wildman–Crippen LogP) is 2.36. The maximum Gasteiger partial charge on any atom is 0.259 e. The first-order chi connectivity index (χ1) is 11.7. The van der Waals surface area contributed by atoms with Crippen molar-refractivity contribution in [2.75, 3.05) is 33.3 Å². The fourth-order valence-corrected chi connectivity index (χ4v) is 3.06. The fourth-order valence-electron chi connectivity index (χ4n) is 3.06. The molecule has 24 heavy (non-hydrogen) atoms. The van der Waals surface area contributed by atoms with E-state index in [9.17, 15) is 4.79 Å². The Hall–Kier alpha value is -2.40. The van der Waals surface area contributed by atoms with Crippen LogP contribution in [0.1, 0.15) is 21.5 Å². The maximum absolute atomic E-state index is 12.7. The van der Waals surface area contributed by atoms with Crippen LogP contribution in [0.25, 0.3) is 0 Å². The zero-order valence-corrected chi connectivity index (χ0v) is 14.2. The summed E-state index contributed by atoms with van der Waals surface area (Å²) < 4.78 is 5.20. The number of hydrogen-bond donors (Lipinski definition) is 0. The van der Waals surface area contributed by atoms with Gasteiger partial charge >= 0.3 is 0 Å².